The number of hydrogen-bond donors (Lipinski definition) is 1. The number of nitrogens with zero attached hydrogens (tertiary/aromatic N) is 2. The van der Waals surface area contributed by atoms with E-state index in [4.69, 9.17) is 15.2 Å². The van der Waals surface area contributed by atoms with E-state index in [0.29, 0.717) is 36.5 Å². The minimum Gasteiger partial charge on any atom is -0.471 e. The van der Waals surface area contributed by atoms with Crippen LogP contribution in [0.5, 0.6) is 5.88 Å². The third-order valence-electron chi connectivity index (χ3n) is 3.33. The van der Waals surface area contributed by atoms with Gasteiger partial charge in [0, 0.05) is 0 Å². The molecule has 0 amide bonds. The maximum absolute atomic E-state index is 6.02. The SMILES string of the molecule is C=CCOCc1nc(OCc2ccccc2)c(CC(C)C)nc1N. The molecule has 1 heterocycles. The third-order valence-corrected chi connectivity index (χ3v) is 3.33. The molecule has 5 nitrogen and oxygen atoms in total. The molecule has 0 spiro atoms. The van der Waals surface area contributed by atoms with Crippen LogP contribution in [0.15, 0.2) is 43.0 Å². The summed E-state index contributed by atoms with van der Waals surface area (Å²) in [5.74, 6) is 1.35. The van der Waals surface area contributed by atoms with E-state index in [1.54, 1.807) is 6.08 Å². The van der Waals surface area contributed by atoms with Crippen molar-refractivity contribution in [1.29, 1.82) is 0 Å². The number of ether oxygens (including phenoxy) is 2. The minimum absolute atomic E-state index is 0.286. The van der Waals surface area contributed by atoms with Crippen molar-refractivity contribution in [3.8, 4) is 5.88 Å². The van der Waals surface area contributed by atoms with Gasteiger partial charge in [0.15, 0.2) is 0 Å². The Kier molecular flexibility index (Phi) is 6.75. The van der Waals surface area contributed by atoms with Crippen LogP contribution in [0.2, 0.25) is 0 Å². The van der Waals surface area contributed by atoms with E-state index in [0.717, 1.165) is 17.7 Å². The van der Waals surface area contributed by atoms with Crippen molar-refractivity contribution in [2.24, 2.45) is 5.92 Å². The molecule has 0 saturated carbocycles. The number of nitrogen functional groups attached to an aromatic ring is 1. The molecule has 0 bridgehead atoms. The molecule has 0 aliphatic rings. The molecule has 0 fully saturated rings. The second-order valence-electron chi connectivity index (χ2n) is 5.98. The minimum atomic E-state index is 0.286. The summed E-state index contributed by atoms with van der Waals surface area (Å²) < 4.78 is 11.4. The van der Waals surface area contributed by atoms with Gasteiger partial charge in [0.2, 0.25) is 5.88 Å². The number of aromatic nitrogens is 2. The first-order valence-electron chi connectivity index (χ1n) is 8.10. The van der Waals surface area contributed by atoms with Crippen LogP contribution >= 0.6 is 0 Å². The van der Waals surface area contributed by atoms with Crippen molar-refractivity contribution < 1.29 is 9.47 Å². The van der Waals surface area contributed by atoms with Gasteiger partial charge in [0.05, 0.1) is 13.2 Å². The first-order chi connectivity index (χ1) is 11.6. The summed E-state index contributed by atoms with van der Waals surface area (Å²) >= 11 is 0. The van der Waals surface area contributed by atoms with Crippen molar-refractivity contribution >= 4 is 5.82 Å². The average Bonchev–Trinajstić information content (AvgIpc) is 2.56. The van der Waals surface area contributed by atoms with Crippen LogP contribution in [-0.4, -0.2) is 16.6 Å². The predicted octanol–water partition coefficient (Wildman–Crippen LogP) is 3.54. The standard InChI is InChI=1S/C19H25N3O2/c1-4-10-23-13-17-18(20)21-16(11-14(2)3)19(22-17)24-12-15-8-6-5-7-9-15/h4-9,14H,1,10-13H2,2-3H3,(H2,20,21). The maximum Gasteiger partial charge on any atom is 0.236 e. The molecule has 1 aromatic heterocycles. The molecular formula is C19H25N3O2. The molecule has 0 saturated heterocycles. The van der Waals surface area contributed by atoms with Crippen LogP contribution in [0.25, 0.3) is 0 Å². The van der Waals surface area contributed by atoms with E-state index in [9.17, 15) is 0 Å². The van der Waals surface area contributed by atoms with E-state index >= 15 is 0 Å². The van der Waals surface area contributed by atoms with Crippen LogP contribution in [0, 0.1) is 5.92 Å². The van der Waals surface area contributed by atoms with E-state index in [2.05, 4.69) is 30.4 Å². The molecule has 0 aliphatic heterocycles. The Morgan fingerprint density at radius 1 is 1.12 bits per heavy atom. The Labute approximate surface area is 143 Å². The van der Waals surface area contributed by atoms with Crippen LogP contribution < -0.4 is 10.5 Å². The molecule has 2 N–H and O–H groups in total. The molecule has 24 heavy (non-hydrogen) atoms. The van der Waals surface area contributed by atoms with Gasteiger partial charge in [-0.25, -0.2) is 9.97 Å². The monoisotopic (exact) mass is 327 g/mol. The van der Waals surface area contributed by atoms with Gasteiger partial charge >= 0.3 is 0 Å². The molecule has 1 aromatic carbocycles. The molecule has 2 aromatic rings. The lowest BCUT2D eigenvalue weighted by molar-refractivity contribution is 0.145. The van der Waals surface area contributed by atoms with Crippen molar-refractivity contribution in [2.45, 2.75) is 33.5 Å². The molecule has 0 atom stereocenters. The zero-order chi connectivity index (χ0) is 17.4. The highest BCUT2D eigenvalue weighted by molar-refractivity contribution is 5.39. The second kappa shape index (κ2) is 9.03. The summed E-state index contributed by atoms with van der Waals surface area (Å²) in [4.78, 5) is 9.03. The van der Waals surface area contributed by atoms with Crippen LogP contribution in [0.3, 0.4) is 0 Å². The molecule has 2 rings (SSSR count). The van der Waals surface area contributed by atoms with E-state index in [1.807, 2.05) is 30.3 Å². The van der Waals surface area contributed by atoms with Gasteiger partial charge < -0.3 is 15.2 Å². The third kappa shape index (κ3) is 5.35. The van der Waals surface area contributed by atoms with Gasteiger partial charge in [-0.15, -0.1) is 6.58 Å². The van der Waals surface area contributed by atoms with Gasteiger partial charge in [-0.05, 0) is 17.9 Å². The predicted molar refractivity (Wildman–Crippen MR) is 95.6 cm³/mol. The lowest BCUT2D eigenvalue weighted by Crippen LogP contribution is -2.11. The van der Waals surface area contributed by atoms with Crippen molar-refractivity contribution in [3.63, 3.8) is 0 Å². The fourth-order valence-corrected chi connectivity index (χ4v) is 2.21. The van der Waals surface area contributed by atoms with Crippen LogP contribution in [-0.2, 0) is 24.4 Å². The summed E-state index contributed by atoms with van der Waals surface area (Å²) in [7, 11) is 0. The van der Waals surface area contributed by atoms with Crippen LogP contribution in [0.1, 0.15) is 30.8 Å². The van der Waals surface area contributed by atoms with E-state index in [1.165, 1.54) is 0 Å². The Morgan fingerprint density at radius 3 is 2.54 bits per heavy atom. The van der Waals surface area contributed by atoms with Gasteiger partial charge in [-0.3, -0.25) is 0 Å². The summed E-state index contributed by atoms with van der Waals surface area (Å²) in [6.45, 7) is 9.04. The van der Waals surface area contributed by atoms with Crippen molar-refractivity contribution in [3.05, 3.63) is 59.9 Å². The van der Waals surface area contributed by atoms with Gasteiger partial charge in [0.25, 0.3) is 0 Å². The average molecular weight is 327 g/mol. The fraction of sp³-hybridized carbons (Fsp3) is 0.368. The molecule has 5 heteroatoms. The summed E-state index contributed by atoms with van der Waals surface area (Å²) in [5, 5.41) is 0. The Hall–Kier alpha value is -2.40. The topological polar surface area (TPSA) is 70.3 Å². The van der Waals surface area contributed by atoms with Crippen molar-refractivity contribution in [1.82, 2.24) is 9.97 Å². The second-order valence-corrected chi connectivity index (χ2v) is 5.98. The number of hydrogen-bond acceptors (Lipinski definition) is 5. The molecule has 0 unspecified atom stereocenters. The quantitative estimate of drug-likeness (QED) is 0.563. The zero-order valence-corrected chi connectivity index (χ0v) is 14.4. The summed E-state index contributed by atoms with van der Waals surface area (Å²) in [5.41, 5.74) is 8.47. The highest BCUT2D eigenvalue weighted by atomic mass is 16.5. The van der Waals surface area contributed by atoms with Gasteiger partial charge in [0.1, 0.15) is 23.8 Å². The Balaban J connectivity index is 2.19. The van der Waals surface area contributed by atoms with Crippen LogP contribution in [0.4, 0.5) is 5.82 Å². The fourth-order valence-electron chi connectivity index (χ4n) is 2.21. The summed E-state index contributed by atoms with van der Waals surface area (Å²) in [6, 6.07) is 9.97. The van der Waals surface area contributed by atoms with Crippen molar-refractivity contribution in [2.75, 3.05) is 12.3 Å². The highest BCUT2D eigenvalue weighted by Gasteiger charge is 2.15. The Bertz CT molecular complexity index is 657. The van der Waals surface area contributed by atoms with Gasteiger partial charge in [-0.1, -0.05) is 50.3 Å². The number of anilines is 1. The Morgan fingerprint density at radius 2 is 1.88 bits per heavy atom. The zero-order valence-electron chi connectivity index (χ0n) is 14.4. The lowest BCUT2D eigenvalue weighted by Gasteiger charge is -2.14. The number of benzene rings is 1. The summed E-state index contributed by atoms with van der Waals surface area (Å²) in [6.07, 6.45) is 2.44. The highest BCUT2D eigenvalue weighted by Crippen LogP contribution is 2.22. The number of nitrogens with two attached hydrogens (primary N) is 1. The first kappa shape index (κ1) is 17.9. The van der Waals surface area contributed by atoms with E-state index < -0.39 is 0 Å². The van der Waals surface area contributed by atoms with Gasteiger partial charge in [-0.2, -0.15) is 0 Å². The first-order valence-corrected chi connectivity index (χ1v) is 8.10. The normalized spacial score (nSPS) is 10.8. The van der Waals surface area contributed by atoms with E-state index in [-0.39, 0.29) is 6.61 Å². The molecule has 0 radical (unpaired) electrons. The largest absolute Gasteiger partial charge is 0.471 e. The smallest absolute Gasteiger partial charge is 0.236 e. The molecule has 128 valence electrons. The number of rotatable bonds is 9. The molecular weight excluding hydrogens is 302 g/mol. The lowest BCUT2D eigenvalue weighted by atomic mass is 10.1. The maximum atomic E-state index is 6.02. The molecule has 0 aliphatic carbocycles.